The van der Waals surface area contributed by atoms with E-state index in [1.54, 1.807) is 54.1 Å². The zero-order chi connectivity index (χ0) is 22.7. The van der Waals surface area contributed by atoms with Crippen LogP contribution in [0.4, 0.5) is 11.4 Å². The molecule has 1 aliphatic heterocycles. The number of esters is 1. The number of anilines is 2. The molecule has 0 spiro atoms. The molecule has 3 aromatic rings. The van der Waals surface area contributed by atoms with Gasteiger partial charge in [-0.25, -0.2) is 0 Å². The third kappa shape index (κ3) is 4.54. The maximum absolute atomic E-state index is 13.1. The van der Waals surface area contributed by atoms with E-state index in [0.717, 1.165) is 15.5 Å². The molecular weight excluding hydrogens is 450 g/mol. The van der Waals surface area contributed by atoms with Crippen LogP contribution in [0.25, 0.3) is 0 Å². The van der Waals surface area contributed by atoms with Gasteiger partial charge in [0.2, 0.25) is 0 Å². The third-order valence-electron chi connectivity index (χ3n) is 4.89. The largest absolute Gasteiger partial charge is 0.493 e. The Balaban J connectivity index is 1.49. The van der Waals surface area contributed by atoms with E-state index in [1.807, 2.05) is 30.3 Å². The molecule has 8 heteroatoms. The van der Waals surface area contributed by atoms with Gasteiger partial charge in [-0.1, -0.05) is 41.6 Å². The van der Waals surface area contributed by atoms with Crippen molar-refractivity contribution in [2.24, 2.45) is 0 Å². The predicted octanol–water partition coefficient (Wildman–Crippen LogP) is 5.27. The lowest BCUT2D eigenvalue weighted by Gasteiger charge is -2.31. The molecular formula is C24H20ClNO5S. The summed E-state index contributed by atoms with van der Waals surface area (Å²) in [4.78, 5) is 28.9. The van der Waals surface area contributed by atoms with Crippen molar-refractivity contribution < 1.29 is 23.8 Å². The average molecular weight is 470 g/mol. The summed E-state index contributed by atoms with van der Waals surface area (Å²) in [5.74, 6) is 0.210. The van der Waals surface area contributed by atoms with Crippen LogP contribution in [0.15, 0.2) is 70.5 Å². The number of hydrogen-bond acceptors (Lipinski definition) is 6. The number of amides is 1. The zero-order valence-electron chi connectivity index (χ0n) is 17.5. The van der Waals surface area contributed by atoms with Crippen molar-refractivity contribution in [1.29, 1.82) is 0 Å². The maximum Gasteiger partial charge on any atom is 0.310 e. The number of nitrogens with zero attached hydrogens (tertiary/aromatic N) is 1. The summed E-state index contributed by atoms with van der Waals surface area (Å²) in [6.07, 6.45) is 0.00247. The van der Waals surface area contributed by atoms with Crippen molar-refractivity contribution in [1.82, 2.24) is 0 Å². The van der Waals surface area contributed by atoms with Gasteiger partial charge in [-0.05, 0) is 48.0 Å². The van der Waals surface area contributed by atoms with E-state index >= 15 is 0 Å². The molecule has 0 atom stereocenters. The van der Waals surface area contributed by atoms with Gasteiger partial charge in [0.05, 0.1) is 32.0 Å². The molecule has 6 nitrogen and oxygen atoms in total. The minimum absolute atomic E-state index is 0.00247. The maximum atomic E-state index is 13.1. The van der Waals surface area contributed by atoms with Crippen LogP contribution in [-0.2, 0) is 20.7 Å². The highest BCUT2D eigenvalue weighted by Gasteiger charge is 2.29. The molecule has 0 aliphatic carbocycles. The number of fused-ring (bicyclic) bond motifs is 2. The highest BCUT2D eigenvalue weighted by molar-refractivity contribution is 7.99. The molecule has 1 amide bonds. The van der Waals surface area contributed by atoms with Crippen molar-refractivity contribution in [3.63, 3.8) is 0 Å². The Labute approximate surface area is 195 Å². The summed E-state index contributed by atoms with van der Waals surface area (Å²) < 4.78 is 15.8. The highest BCUT2D eigenvalue weighted by Crippen LogP contribution is 2.48. The number of methoxy groups -OCH3 is 2. The van der Waals surface area contributed by atoms with Crippen LogP contribution in [0.2, 0.25) is 5.02 Å². The number of halogens is 1. The van der Waals surface area contributed by atoms with Crippen molar-refractivity contribution in [2.75, 3.05) is 25.7 Å². The fraction of sp³-hybridized carbons (Fsp3) is 0.167. The molecule has 0 radical (unpaired) electrons. The SMILES string of the molecule is COc1ccc(CC(=O)OCC(=O)N2c3ccccc3Sc3ccc(Cl)cc32)cc1OC. The quantitative estimate of drug-likeness (QED) is 0.458. The van der Waals surface area contributed by atoms with Crippen LogP contribution in [0, 0.1) is 0 Å². The standard InChI is InChI=1S/C24H20ClNO5S/c1-29-19-9-7-15(11-20(19)30-2)12-24(28)31-14-23(27)26-17-5-3-4-6-21(17)32-22-10-8-16(25)13-18(22)26/h3-11,13H,12,14H2,1-2H3. The lowest BCUT2D eigenvalue weighted by Crippen LogP contribution is -2.32. The van der Waals surface area contributed by atoms with Gasteiger partial charge in [0.15, 0.2) is 18.1 Å². The van der Waals surface area contributed by atoms with Crippen LogP contribution < -0.4 is 14.4 Å². The first-order valence-electron chi connectivity index (χ1n) is 9.76. The van der Waals surface area contributed by atoms with Gasteiger partial charge in [-0.3, -0.25) is 14.5 Å². The Morgan fingerprint density at radius 3 is 2.44 bits per heavy atom. The van der Waals surface area contributed by atoms with E-state index in [9.17, 15) is 9.59 Å². The molecule has 0 saturated heterocycles. The summed E-state index contributed by atoms with van der Waals surface area (Å²) in [6, 6.07) is 18.2. The summed E-state index contributed by atoms with van der Waals surface area (Å²) >= 11 is 7.75. The Bertz CT molecular complexity index is 1180. The Morgan fingerprint density at radius 1 is 0.906 bits per heavy atom. The number of ether oxygens (including phenoxy) is 3. The second-order valence-corrected chi connectivity index (χ2v) is 8.46. The van der Waals surface area contributed by atoms with Gasteiger partial charge >= 0.3 is 5.97 Å². The fourth-order valence-electron chi connectivity index (χ4n) is 3.41. The minimum atomic E-state index is -0.517. The lowest BCUT2D eigenvalue weighted by atomic mass is 10.1. The monoisotopic (exact) mass is 469 g/mol. The topological polar surface area (TPSA) is 65.1 Å². The Morgan fingerprint density at radius 2 is 1.66 bits per heavy atom. The summed E-state index contributed by atoms with van der Waals surface area (Å²) in [5, 5.41) is 0.520. The molecule has 32 heavy (non-hydrogen) atoms. The van der Waals surface area contributed by atoms with Crippen molar-refractivity contribution in [3.8, 4) is 11.5 Å². The van der Waals surface area contributed by atoms with Crippen LogP contribution in [0.3, 0.4) is 0 Å². The minimum Gasteiger partial charge on any atom is -0.493 e. The molecule has 0 saturated carbocycles. The average Bonchev–Trinajstić information content (AvgIpc) is 2.81. The van der Waals surface area contributed by atoms with Crippen molar-refractivity contribution in [2.45, 2.75) is 16.2 Å². The van der Waals surface area contributed by atoms with Gasteiger partial charge in [-0.15, -0.1) is 0 Å². The first-order chi connectivity index (χ1) is 15.5. The Hall–Kier alpha value is -3.16. The van der Waals surface area contributed by atoms with E-state index in [1.165, 1.54) is 7.11 Å². The number of para-hydroxylation sites is 1. The second-order valence-electron chi connectivity index (χ2n) is 6.94. The van der Waals surface area contributed by atoms with Crippen LogP contribution in [0.5, 0.6) is 11.5 Å². The van der Waals surface area contributed by atoms with Crippen molar-refractivity contribution in [3.05, 3.63) is 71.2 Å². The second kappa shape index (κ2) is 9.54. The van der Waals surface area contributed by atoms with Gasteiger partial charge in [-0.2, -0.15) is 0 Å². The number of hydrogen-bond donors (Lipinski definition) is 0. The summed E-state index contributed by atoms with van der Waals surface area (Å²) in [6.45, 7) is -0.392. The molecule has 164 valence electrons. The molecule has 1 aliphatic rings. The van der Waals surface area contributed by atoms with Crippen LogP contribution in [0.1, 0.15) is 5.56 Å². The predicted molar refractivity (Wildman–Crippen MR) is 123 cm³/mol. The normalized spacial score (nSPS) is 11.9. The van der Waals surface area contributed by atoms with Gasteiger partial charge in [0.1, 0.15) is 0 Å². The molecule has 0 unspecified atom stereocenters. The first kappa shape index (κ1) is 22.0. The first-order valence-corrected chi connectivity index (χ1v) is 11.0. The number of rotatable bonds is 6. The van der Waals surface area contributed by atoms with Crippen LogP contribution in [-0.4, -0.2) is 32.7 Å². The van der Waals surface area contributed by atoms with E-state index in [-0.39, 0.29) is 12.3 Å². The van der Waals surface area contributed by atoms with Gasteiger partial charge in [0, 0.05) is 14.8 Å². The lowest BCUT2D eigenvalue weighted by molar-refractivity contribution is -0.147. The van der Waals surface area contributed by atoms with Crippen LogP contribution >= 0.6 is 23.4 Å². The van der Waals surface area contributed by atoms with Crippen molar-refractivity contribution >= 4 is 46.6 Å². The molecule has 0 bridgehead atoms. The molecule has 3 aromatic carbocycles. The Kier molecular flexibility index (Phi) is 6.58. The number of benzene rings is 3. The molecule has 0 aromatic heterocycles. The van der Waals surface area contributed by atoms with E-state index in [0.29, 0.717) is 27.8 Å². The summed E-state index contributed by atoms with van der Waals surface area (Å²) in [7, 11) is 3.07. The van der Waals surface area contributed by atoms with E-state index < -0.39 is 12.6 Å². The molecule has 1 heterocycles. The fourth-order valence-corrected chi connectivity index (χ4v) is 4.62. The summed E-state index contributed by atoms with van der Waals surface area (Å²) in [5.41, 5.74) is 2.09. The molecule has 4 rings (SSSR count). The highest BCUT2D eigenvalue weighted by atomic mass is 35.5. The third-order valence-corrected chi connectivity index (χ3v) is 6.26. The van der Waals surface area contributed by atoms with Gasteiger partial charge in [0.25, 0.3) is 5.91 Å². The number of carbonyl (C=O) groups is 2. The zero-order valence-corrected chi connectivity index (χ0v) is 19.0. The molecule has 0 fully saturated rings. The number of carbonyl (C=O) groups excluding carboxylic acids is 2. The molecule has 0 N–H and O–H groups in total. The van der Waals surface area contributed by atoms with E-state index in [4.69, 9.17) is 25.8 Å². The van der Waals surface area contributed by atoms with E-state index in [2.05, 4.69) is 0 Å². The smallest absolute Gasteiger partial charge is 0.310 e. The van der Waals surface area contributed by atoms with Gasteiger partial charge < -0.3 is 14.2 Å².